The SMILES string of the molecule is COc1c[nH]c(/C=C/C(C)=O)cc1=O. The van der Waals surface area contributed by atoms with Crippen LogP contribution in [0.4, 0.5) is 0 Å². The van der Waals surface area contributed by atoms with Crippen molar-refractivity contribution in [3.63, 3.8) is 0 Å². The van der Waals surface area contributed by atoms with Gasteiger partial charge in [0.25, 0.3) is 0 Å². The number of aromatic amines is 1. The lowest BCUT2D eigenvalue weighted by molar-refractivity contribution is -0.112. The number of hydrogen-bond donors (Lipinski definition) is 1. The van der Waals surface area contributed by atoms with E-state index in [1.165, 1.54) is 32.4 Å². The fraction of sp³-hybridized carbons (Fsp3) is 0.200. The van der Waals surface area contributed by atoms with Gasteiger partial charge in [0.15, 0.2) is 11.5 Å². The van der Waals surface area contributed by atoms with E-state index in [0.29, 0.717) is 5.69 Å². The Hall–Kier alpha value is -1.84. The molecule has 4 heteroatoms. The monoisotopic (exact) mass is 193 g/mol. The number of carbonyl (C=O) groups is 1. The predicted octanol–water partition coefficient (Wildman–Crippen LogP) is 0.986. The maximum atomic E-state index is 11.3. The van der Waals surface area contributed by atoms with Gasteiger partial charge in [-0.3, -0.25) is 9.59 Å². The molecule has 1 rings (SSSR count). The van der Waals surface area contributed by atoms with Crippen LogP contribution in [0.5, 0.6) is 5.75 Å². The highest BCUT2D eigenvalue weighted by Crippen LogP contribution is 2.01. The molecule has 0 atom stereocenters. The van der Waals surface area contributed by atoms with Crippen molar-refractivity contribution >= 4 is 11.9 Å². The second-order valence-electron chi connectivity index (χ2n) is 2.76. The summed E-state index contributed by atoms with van der Waals surface area (Å²) in [7, 11) is 1.43. The molecule has 0 saturated heterocycles. The van der Waals surface area contributed by atoms with E-state index >= 15 is 0 Å². The molecular weight excluding hydrogens is 182 g/mol. The van der Waals surface area contributed by atoms with Crippen LogP contribution in [-0.2, 0) is 4.79 Å². The number of hydrogen-bond acceptors (Lipinski definition) is 3. The van der Waals surface area contributed by atoms with Crippen molar-refractivity contribution in [2.45, 2.75) is 6.92 Å². The molecule has 1 aromatic rings. The Morgan fingerprint density at radius 2 is 2.29 bits per heavy atom. The fourth-order valence-electron chi connectivity index (χ4n) is 0.937. The molecule has 0 amide bonds. The second kappa shape index (κ2) is 4.41. The third-order valence-electron chi connectivity index (χ3n) is 1.62. The predicted molar refractivity (Wildman–Crippen MR) is 53.3 cm³/mol. The quantitative estimate of drug-likeness (QED) is 0.728. The zero-order chi connectivity index (χ0) is 10.6. The third-order valence-corrected chi connectivity index (χ3v) is 1.62. The molecule has 4 nitrogen and oxygen atoms in total. The molecule has 1 aromatic heterocycles. The molecule has 0 fully saturated rings. The van der Waals surface area contributed by atoms with Crippen LogP contribution in [0.2, 0.25) is 0 Å². The fourth-order valence-corrected chi connectivity index (χ4v) is 0.937. The number of H-pyrrole nitrogens is 1. The molecular formula is C10H11NO3. The van der Waals surface area contributed by atoms with Crippen molar-refractivity contribution in [2.24, 2.45) is 0 Å². The van der Waals surface area contributed by atoms with Crippen molar-refractivity contribution < 1.29 is 9.53 Å². The average molecular weight is 193 g/mol. The van der Waals surface area contributed by atoms with E-state index < -0.39 is 0 Å². The lowest BCUT2D eigenvalue weighted by atomic mass is 10.3. The molecule has 0 unspecified atom stereocenters. The summed E-state index contributed by atoms with van der Waals surface area (Å²) in [5.74, 6) is 0.187. The number of nitrogens with one attached hydrogen (secondary N) is 1. The zero-order valence-electron chi connectivity index (χ0n) is 8.03. The van der Waals surface area contributed by atoms with Crippen LogP contribution in [0.3, 0.4) is 0 Å². The van der Waals surface area contributed by atoms with E-state index in [9.17, 15) is 9.59 Å². The molecule has 1 heterocycles. The van der Waals surface area contributed by atoms with Crippen molar-refractivity contribution in [2.75, 3.05) is 7.11 Å². The summed E-state index contributed by atoms with van der Waals surface area (Å²) in [6.07, 6.45) is 4.39. The molecule has 0 aromatic carbocycles. The van der Waals surface area contributed by atoms with E-state index in [1.54, 1.807) is 6.08 Å². The summed E-state index contributed by atoms with van der Waals surface area (Å²) in [5.41, 5.74) is 0.362. The van der Waals surface area contributed by atoms with Gasteiger partial charge in [0.05, 0.1) is 7.11 Å². The maximum Gasteiger partial charge on any atom is 0.223 e. The maximum absolute atomic E-state index is 11.3. The Morgan fingerprint density at radius 3 is 2.79 bits per heavy atom. The third kappa shape index (κ3) is 2.58. The van der Waals surface area contributed by atoms with Gasteiger partial charge < -0.3 is 9.72 Å². The molecule has 0 radical (unpaired) electrons. The number of allylic oxidation sites excluding steroid dienone is 1. The van der Waals surface area contributed by atoms with E-state index in [4.69, 9.17) is 4.74 Å². The van der Waals surface area contributed by atoms with Crippen LogP contribution in [0.25, 0.3) is 6.08 Å². The van der Waals surface area contributed by atoms with Gasteiger partial charge in [-0.25, -0.2) is 0 Å². The molecule has 0 aliphatic heterocycles. The molecule has 1 N–H and O–H groups in total. The number of carbonyl (C=O) groups excluding carboxylic acids is 1. The minimum absolute atomic E-state index is 0.0679. The van der Waals surface area contributed by atoms with E-state index in [-0.39, 0.29) is 17.0 Å². The minimum Gasteiger partial charge on any atom is -0.491 e. The number of ether oxygens (including phenoxy) is 1. The molecule has 0 saturated carbocycles. The first-order chi connectivity index (χ1) is 6.63. The van der Waals surface area contributed by atoms with Crippen LogP contribution in [0.15, 0.2) is 23.1 Å². The standard InChI is InChI=1S/C10H11NO3/c1-7(12)3-4-8-5-9(13)10(14-2)6-11-8/h3-6H,1-2H3,(H,11,13)/b4-3+. The van der Waals surface area contributed by atoms with Gasteiger partial charge >= 0.3 is 0 Å². The van der Waals surface area contributed by atoms with Crippen molar-refractivity contribution in [1.29, 1.82) is 0 Å². The summed E-state index contributed by atoms with van der Waals surface area (Å²) >= 11 is 0. The van der Waals surface area contributed by atoms with Crippen molar-refractivity contribution in [1.82, 2.24) is 4.98 Å². The highest BCUT2D eigenvalue weighted by molar-refractivity contribution is 5.91. The normalized spacial score (nSPS) is 10.4. The van der Waals surface area contributed by atoms with Crippen LogP contribution < -0.4 is 10.2 Å². The van der Waals surface area contributed by atoms with Gasteiger partial charge in [-0.05, 0) is 19.1 Å². The Bertz CT molecular complexity index is 418. The largest absolute Gasteiger partial charge is 0.491 e. The Balaban J connectivity index is 2.98. The molecule has 0 spiro atoms. The first kappa shape index (κ1) is 10.2. The number of methoxy groups -OCH3 is 1. The van der Waals surface area contributed by atoms with E-state index in [0.717, 1.165) is 0 Å². The van der Waals surface area contributed by atoms with Crippen molar-refractivity contribution in [3.05, 3.63) is 34.3 Å². The molecule has 14 heavy (non-hydrogen) atoms. The molecule has 74 valence electrons. The second-order valence-corrected chi connectivity index (χ2v) is 2.76. The lowest BCUT2D eigenvalue weighted by Gasteiger charge is -1.98. The number of rotatable bonds is 3. The van der Waals surface area contributed by atoms with Gasteiger partial charge in [0.2, 0.25) is 5.43 Å². The Labute approximate surface area is 81.2 Å². The Kier molecular flexibility index (Phi) is 3.23. The molecule has 0 aliphatic carbocycles. The smallest absolute Gasteiger partial charge is 0.223 e. The number of pyridine rings is 1. The summed E-state index contributed by atoms with van der Waals surface area (Å²) in [6, 6.07) is 1.37. The zero-order valence-corrected chi connectivity index (χ0v) is 8.03. The van der Waals surface area contributed by atoms with E-state index in [2.05, 4.69) is 4.98 Å². The van der Waals surface area contributed by atoms with Gasteiger partial charge in [-0.2, -0.15) is 0 Å². The van der Waals surface area contributed by atoms with Gasteiger partial charge in [0.1, 0.15) is 0 Å². The van der Waals surface area contributed by atoms with Crippen LogP contribution in [0, 0.1) is 0 Å². The van der Waals surface area contributed by atoms with Crippen LogP contribution >= 0.6 is 0 Å². The molecule has 0 bridgehead atoms. The number of ketones is 1. The first-order valence-corrected chi connectivity index (χ1v) is 4.09. The summed E-state index contributed by atoms with van der Waals surface area (Å²) < 4.78 is 4.79. The van der Waals surface area contributed by atoms with Crippen molar-refractivity contribution in [3.8, 4) is 5.75 Å². The van der Waals surface area contributed by atoms with Gasteiger partial charge in [-0.15, -0.1) is 0 Å². The first-order valence-electron chi connectivity index (χ1n) is 4.09. The lowest BCUT2D eigenvalue weighted by Crippen LogP contribution is -2.05. The summed E-state index contributed by atoms with van der Waals surface area (Å²) in [4.78, 5) is 24.7. The van der Waals surface area contributed by atoms with Gasteiger partial charge in [0, 0.05) is 18.0 Å². The highest BCUT2D eigenvalue weighted by Gasteiger charge is 1.97. The highest BCUT2D eigenvalue weighted by atomic mass is 16.5. The molecule has 0 aliphatic rings. The topological polar surface area (TPSA) is 59.2 Å². The van der Waals surface area contributed by atoms with Gasteiger partial charge in [-0.1, -0.05) is 0 Å². The summed E-state index contributed by atoms with van der Waals surface area (Å²) in [6.45, 7) is 1.44. The Morgan fingerprint density at radius 1 is 1.57 bits per heavy atom. The summed E-state index contributed by atoms with van der Waals surface area (Å²) in [5, 5.41) is 0. The minimum atomic E-state index is -0.213. The van der Waals surface area contributed by atoms with Crippen LogP contribution in [-0.4, -0.2) is 17.9 Å². The van der Waals surface area contributed by atoms with E-state index in [1.807, 2.05) is 0 Å². The van der Waals surface area contributed by atoms with Crippen LogP contribution in [0.1, 0.15) is 12.6 Å². The number of aromatic nitrogens is 1. The average Bonchev–Trinajstić information content (AvgIpc) is 2.15.